The number of hydrogen-bond donors (Lipinski definition) is 1. The Morgan fingerprint density at radius 1 is 1.20 bits per heavy atom. The van der Waals surface area contributed by atoms with Crippen LogP contribution in [0.2, 0.25) is 0 Å². The van der Waals surface area contributed by atoms with E-state index >= 15 is 0 Å². The number of carbonyl (C=O) groups excluding carboxylic acids is 1. The topological polar surface area (TPSA) is 38.3 Å². The van der Waals surface area contributed by atoms with Crippen molar-refractivity contribution >= 4 is 5.97 Å². The van der Waals surface area contributed by atoms with E-state index in [2.05, 4.69) is 5.32 Å². The van der Waals surface area contributed by atoms with E-state index in [9.17, 15) is 4.79 Å². The Morgan fingerprint density at radius 3 is 2.60 bits per heavy atom. The Balaban J connectivity index is 1.47. The Bertz CT molecular complexity index is 208. The molecular formula is C12H21NO2. The lowest BCUT2D eigenvalue weighted by Crippen LogP contribution is -2.22. The second-order valence-corrected chi connectivity index (χ2v) is 4.81. The minimum Gasteiger partial charge on any atom is -0.465 e. The Morgan fingerprint density at radius 2 is 1.93 bits per heavy atom. The monoisotopic (exact) mass is 211 g/mol. The van der Waals surface area contributed by atoms with Gasteiger partial charge in [-0.3, -0.25) is 4.79 Å². The molecule has 0 aromatic heterocycles. The summed E-state index contributed by atoms with van der Waals surface area (Å²) in [6, 6.07) is 0.688. The maximum absolute atomic E-state index is 11.3. The average molecular weight is 211 g/mol. The van der Waals surface area contributed by atoms with Gasteiger partial charge in [0.2, 0.25) is 0 Å². The zero-order chi connectivity index (χ0) is 10.5. The van der Waals surface area contributed by atoms with Gasteiger partial charge in [0.05, 0.1) is 13.0 Å². The summed E-state index contributed by atoms with van der Waals surface area (Å²) in [5.74, 6) is 0.611. The highest BCUT2D eigenvalue weighted by Crippen LogP contribution is 2.24. The molecule has 0 amide bonds. The molecule has 0 spiro atoms. The Kier molecular flexibility index (Phi) is 4.01. The lowest BCUT2D eigenvalue weighted by molar-refractivity contribution is -0.144. The van der Waals surface area contributed by atoms with E-state index in [0.29, 0.717) is 25.0 Å². The van der Waals surface area contributed by atoms with E-state index < -0.39 is 0 Å². The van der Waals surface area contributed by atoms with E-state index in [4.69, 9.17) is 4.74 Å². The molecule has 2 aliphatic rings. The van der Waals surface area contributed by atoms with Crippen LogP contribution < -0.4 is 5.32 Å². The van der Waals surface area contributed by atoms with Crippen LogP contribution in [0.4, 0.5) is 0 Å². The molecule has 0 radical (unpaired) electrons. The summed E-state index contributed by atoms with van der Waals surface area (Å²) in [5.41, 5.74) is 0. The van der Waals surface area contributed by atoms with Crippen LogP contribution in [0.15, 0.2) is 0 Å². The number of carbonyl (C=O) groups is 1. The van der Waals surface area contributed by atoms with Crippen LogP contribution in [0.1, 0.15) is 44.9 Å². The third kappa shape index (κ3) is 4.20. The Labute approximate surface area is 91.6 Å². The molecule has 2 rings (SSSR count). The minimum atomic E-state index is -0.0324. The van der Waals surface area contributed by atoms with Crippen LogP contribution in [-0.2, 0) is 9.53 Å². The molecule has 3 nitrogen and oxygen atoms in total. The molecular weight excluding hydrogens is 190 g/mol. The fourth-order valence-electron chi connectivity index (χ4n) is 2.13. The van der Waals surface area contributed by atoms with Crippen LogP contribution in [-0.4, -0.2) is 25.2 Å². The van der Waals surface area contributed by atoms with Gasteiger partial charge in [-0.25, -0.2) is 0 Å². The van der Waals surface area contributed by atoms with E-state index in [1.807, 2.05) is 0 Å². The lowest BCUT2D eigenvalue weighted by Gasteiger charge is -2.09. The van der Waals surface area contributed by atoms with Gasteiger partial charge in [-0.2, -0.15) is 0 Å². The molecule has 3 heteroatoms. The molecule has 0 heterocycles. The van der Waals surface area contributed by atoms with Crippen molar-refractivity contribution in [2.75, 3.05) is 13.2 Å². The van der Waals surface area contributed by atoms with Crippen LogP contribution in [0.3, 0.4) is 0 Å². The predicted molar refractivity (Wildman–Crippen MR) is 58.6 cm³/mol. The van der Waals surface area contributed by atoms with Crippen molar-refractivity contribution in [2.24, 2.45) is 5.92 Å². The zero-order valence-corrected chi connectivity index (χ0v) is 9.34. The number of rotatable bonds is 6. The highest BCUT2D eigenvalue weighted by Gasteiger charge is 2.20. The summed E-state index contributed by atoms with van der Waals surface area (Å²) in [4.78, 5) is 11.3. The average Bonchev–Trinajstić information content (AvgIpc) is 2.91. The molecule has 2 aliphatic carbocycles. The quantitative estimate of drug-likeness (QED) is 0.681. The van der Waals surface area contributed by atoms with Gasteiger partial charge in [-0.1, -0.05) is 12.8 Å². The standard InChI is InChI=1S/C12H21NO2/c14-12(7-8-13-11-5-6-11)15-9-10-3-1-2-4-10/h10-11,13H,1-9H2. The zero-order valence-electron chi connectivity index (χ0n) is 9.34. The summed E-state index contributed by atoms with van der Waals surface area (Å²) < 4.78 is 5.25. The molecule has 1 N–H and O–H groups in total. The first-order valence-electron chi connectivity index (χ1n) is 6.23. The van der Waals surface area contributed by atoms with E-state index in [1.165, 1.54) is 38.5 Å². The maximum Gasteiger partial charge on any atom is 0.307 e. The second-order valence-electron chi connectivity index (χ2n) is 4.81. The third-order valence-electron chi connectivity index (χ3n) is 3.29. The highest BCUT2D eigenvalue weighted by molar-refractivity contribution is 5.69. The number of esters is 1. The van der Waals surface area contributed by atoms with E-state index in [0.717, 1.165) is 6.54 Å². The molecule has 0 aromatic carbocycles. The SMILES string of the molecule is O=C(CCNC1CC1)OCC1CCCC1. The van der Waals surface area contributed by atoms with Gasteiger partial charge < -0.3 is 10.1 Å². The summed E-state index contributed by atoms with van der Waals surface area (Å²) in [6.07, 6.45) is 8.19. The molecule has 0 bridgehead atoms. The van der Waals surface area contributed by atoms with Gasteiger partial charge in [0.15, 0.2) is 0 Å². The molecule has 2 fully saturated rings. The molecule has 2 saturated carbocycles. The third-order valence-corrected chi connectivity index (χ3v) is 3.29. The number of nitrogens with one attached hydrogen (secondary N) is 1. The van der Waals surface area contributed by atoms with Crippen molar-refractivity contribution in [1.29, 1.82) is 0 Å². The van der Waals surface area contributed by atoms with Gasteiger partial charge in [0.1, 0.15) is 0 Å². The minimum absolute atomic E-state index is 0.0324. The van der Waals surface area contributed by atoms with Crippen LogP contribution in [0.25, 0.3) is 0 Å². The number of hydrogen-bond acceptors (Lipinski definition) is 3. The normalized spacial score (nSPS) is 21.9. The van der Waals surface area contributed by atoms with E-state index in [-0.39, 0.29) is 5.97 Å². The van der Waals surface area contributed by atoms with Crippen LogP contribution >= 0.6 is 0 Å². The second kappa shape index (κ2) is 5.50. The maximum atomic E-state index is 11.3. The Hall–Kier alpha value is -0.570. The fraction of sp³-hybridized carbons (Fsp3) is 0.917. The summed E-state index contributed by atoms with van der Waals surface area (Å²) in [5, 5.41) is 3.31. The summed E-state index contributed by atoms with van der Waals surface area (Å²) in [6.45, 7) is 1.44. The largest absolute Gasteiger partial charge is 0.465 e. The first kappa shape index (κ1) is 10.9. The van der Waals surface area contributed by atoms with Crippen molar-refractivity contribution in [3.05, 3.63) is 0 Å². The van der Waals surface area contributed by atoms with Gasteiger partial charge in [-0.15, -0.1) is 0 Å². The van der Waals surface area contributed by atoms with Crippen molar-refractivity contribution in [3.63, 3.8) is 0 Å². The lowest BCUT2D eigenvalue weighted by atomic mass is 10.1. The molecule has 0 unspecified atom stereocenters. The molecule has 0 aliphatic heterocycles. The van der Waals surface area contributed by atoms with Gasteiger partial charge in [0.25, 0.3) is 0 Å². The van der Waals surface area contributed by atoms with Crippen molar-refractivity contribution in [3.8, 4) is 0 Å². The smallest absolute Gasteiger partial charge is 0.307 e. The van der Waals surface area contributed by atoms with Gasteiger partial charge in [-0.05, 0) is 31.6 Å². The molecule has 0 aromatic rings. The van der Waals surface area contributed by atoms with Gasteiger partial charge in [0, 0.05) is 12.6 Å². The fourth-order valence-corrected chi connectivity index (χ4v) is 2.13. The predicted octanol–water partition coefficient (Wildman–Crippen LogP) is 1.86. The first-order valence-corrected chi connectivity index (χ1v) is 6.23. The van der Waals surface area contributed by atoms with Gasteiger partial charge >= 0.3 is 5.97 Å². The number of ether oxygens (including phenoxy) is 1. The molecule has 15 heavy (non-hydrogen) atoms. The van der Waals surface area contributed by atoms with Crippen molar-refractivity contribution in [2.45, 2.75) is 51.0 Å². The first-order chi connectivity index (χ1) is 7.34. The van der Waals surface area contributed by atoms with Crippen LogP contribution in [0.5, 0.6) is 0 Å². The summed E-state index contributed by atoms with van der Waals surface area (Å²) in [7, 11) is 0. The molecule has 0 saturated heterocycles. The van der Waals surface area contributed by atoms with Crippen molar-refractivity contribution in [1.82, 2.24) is 5.32 Å². The van der Waals surface area contributed by atoms with E-state index in [1.54, 1.807) is 0 Å². The molecule has 0 atom stereocenters. The highest BCUT2D eigenvalue weighted by atomic mass is 16.5. The van der Waals surface area contributed by atoms with Crippen molar-refractivity contribution < 1.29 is 9.53 Å². The van der Waals surface area contributed by atoms with Crippen LogP contribution in [0, 0.1) is 5.92 Å². The molecule has 86 valence electrons. The summed E-state index contributed by atoms with van der Waals surface area (Å²) >= 11 is 0.